The Labute approximate surface area is 170 Å². The van der Waals surface area contributed by atoms with E-state index in [4.69, 9.17) is 0 Å². The van der Waals surface area contributed by atoms with E-state index < -0.39 is 9.84 Å². The van der Waals surface area contributed by atoms with E-state index in [0.717, 1.165) is 22.5 Å². The second-order valence-electron chi connectivity index (χ2n) is 6.62. The van der Waals surface area contributed by atoms with Gasteiger partial charge in [-0.15, -0.1) is 0 Å². The van der Waals surface area contributed by atoms with Crippen LogP contribution in [-0.2, 0) is 22.9 Å². The van der Waals surface area contributed by atoms with E-state index in [1.807, 2.05) is 36.5 Å². The number of hydrogen-bond donors (Lipinski definition) is 2. The highest BCUT2D eigenvalue weighted by atomic mass is 32.2. The summed E-state index contributed by atoms with van der Waals surface area (Å²) in [4.78, 5) is 8.91. The SMILES string of the molecule is CN=C(NCc1ccnc(-n2cccn2)c1)NCc1ccc(S(C)(=O)=O)c(C)c1. The van der Waals surface area contributed by atoms with Gasteiger partial charge in [-0.05, 0) is 47.9 Å². The Morgan fingerprint density at radius 1 is 1.10 bits per heavy atom. The van der Waals surface area contributed by atoms with Crippen molar-refractivity contribution in [2.24, 2.45) is 4.99 Å². The van der Waals surface area contributed by atoms with Crippen LogP contribution in [-0.4, -0.2) is 42.4 Å². The van der Waals surface area contributed by atoms with E-state index in [2.05, 4.69) is 25.7 Å². The van der Waals surface area contributed by atoms with Crippen molar-refractivity contribution in [3.63, 3.8) is 0 Å². The smallest absolute Gasteiger partial charge is 0.191 e. The van der Waals surface area contributed by atoms with Crippen molar-refractivity contribution in [2.45, 2.75) is 24.9 Å². The van der Waals surface area contributed by atoms with Gasteiger partial charge in [-0.25, -0.2) is 18.1 Å². The third-order valence-electron chi connectivity index (χ3n) is 4.33. The van der Waals surface area contributed by atoms with Gasteiger partial charge in [0, 0.05) is 45.0 Å². The lowest BCUT2D eigenvalue weighted by Crippen LogP contribution is -2.36. The van der Waals surface area contributed by atoms with Crippen molar-refractivity contribution in [1.29, 1.82) is 0 Å². The van der Waals surface area contributed by atoms with Crippen LogP contribution in [0.25, 0.3) is 5.82 Å². The topological polar surface area (TPSA) is 101 Å². The van der Waals surface area contributed by atoms with Crippen LogP contribution in [0.4, 0.5) is 0 Å². The van der Waals surface area contributed by atoms with E-state index >= 15 is 0 Å². The van der Waals surface area contributed by atoms with Crippen LogP contribution in [0.2, 0.25) is 0 Å². The van der Waals surface area contributed by atoms with Crippen molar-refractivity contribution in [3.8, 4) is 5.82 Å². The highest BCUT2D eigenvalue weighted by molar-refractivity contribution is 7.90. The fraction of sp³-hybridized carbons (Fsp3) is 0.250. The monoisotopic (exact) mass is 412 g/mol. The largest absolute Gasteiger partial charge is 0.352 e. The van der Waals surface area contributed by atoms with Gasteiger partial charge < -0.3 is 10.6 Å². The molecule has 9 heteroatoms. The molecule has 2 N–H and O–H groups in total. The summed E-state index contributed by atoms with van der Waals surface area (Å²) in [5.41, 5.74) is 2.75. The molecule has 0 radical (unpaired) electrons. The molecule has 3 rings (SSSR count). The molecule has 152 valence electrons. The third-order valence-corrected chi connectivity index (χ3v) is 5.59. The number of rotatable bonds is 6. The number of guanidine groups is 1. The molecule has 29 heavy (non-hydrogen) atoms. The fourth-order valence-corrected chi connectivity index (χ4v) is 3.89. The van der Waals surface area contributed by atoms with Gasteiger partial charge in [-0.3, -0.25) is 4.99 Å². The number of aromatic nitrogens is 3. The fourth-order valence-electron chi connectivity index (χ4n) is 2.93. The molecule has 0 spiro atoms. The average Bonchev–Trinajstić information content (AvgIpc) is 3.22. The molecule has 0 fully saturated rings. The van der Waals surface area contributed by atoms with Gasteiger partial charge in [0.2, 0.25) is 0 Å². The minimum Gasteiger partial charge on any atom is -0.352 e. The van der Waals surface area contributed by atoms with Crippen LogP contribution < -0.4 is 10.6 Å². The lowest BCUT2D eigenvalue weighted by molar-refractivity contribution is 0.601. The van der Waals surface area contributed by atoms with E-state index in [1.54, 1.807) is 37.1 Å². The standard InChI is InChI=1S/C20H24N6O2S/c1-15-11-16(5-6-18(15)29(3,27)28)13-23-20(21-2)24-14-17-7-9-22-19(12-17)26-10-4-8-25-26/h4-12H,13-14H2,1-3H3,(H2,21,23,24). The molecule has 0 saturated carbocycles. The molecule has 0 aliphatic carbocycles. The minimum atomic E-state index is -3.21. The molecule has 3 aromatic rings. The molecule has 0 unspecified atom stereocenters. The number of aryl methyl sites for hydroxylation is 1. The van der Waals surface area contributed by atoms with Crippen molar-refractivity contribution < 1.29 is 8.42 Å². The zero-order valence-corrected chi connectivity index (χ0v) is 17.4. The zero-order chi connectivity index (χ0) is 20.9. The number of pyridine rings is 1. The predicted molar refractivity (Wildman–Crippen MR) is 113 cm³/mol. The summed E-state index contributed by atoms with van der Waals surface area (Å²) in [6.07, 6.45) is 6.52. The molecule has 0 bridgehead atoms. The van der Waals surface area contributed by atoms with E-state index in [0.29, 0.717) is 23.9 Å². The van der Waals surface area contributed by atoms with Crippen LogP contribution in [0.15, 0.2) is 64.9 Å². The van der Waals surface area contributed by atoms with Gasteiger partial charge in [-0.1, -0.05) is 12.1 Å². The van der Waals surface area contributed by atoms with E-state index in [9.17, 15) is 8.42 Å². The molecular formula is C20H24N6O2S. The Morgan fingerprint density at radius 2 is 1.83 bits per heavy atom. The summed E-state index contributed by atoms with van der Waals surface area (Å²) < 4.78 is 25.2. The molecule has 1 aromatic carbocycles. The molecule has 0 aliphatic rings. The first-order valence-electron chi connectivity index (χ1n) is 9.06. The van der Waals surface area contributed by atoms with Gasteiger partial charge in [0.05, 0.1) is 4.90 Å². The van der Waals surface area contributed by atoms with Gasteiger partial charge >= 0.3 is 0 Å². The maximum atomic E-state index is 11.7. The molecule has 0 saturated heterocycles. The van der Waals surface area contributed by atoms with Crippen molar-refractivity contribution in [1.82, 2.24) is 25.4 Å². The lowest BCUT2D eigenvalue weighted by atomic mass is 10.1. The van der Waals surface area contributed by atoms with Gasteiger partial charge in [0.25, 0.3) is 0 Å². The quantitative estimate of drug-likeness (QED) is 0.473. The summed E-state index contributed by atoms with van der Waals surface area (Å²) in [5.74, 6) is 1.39. The Balaban J connectivity index is 1.59. The summed E-state index contributed by atoms with van der Waals surface area (Å²) in [5, 5.41) is 10.7. The molecule has 0 atom stereocenters. The predicted octanol–water partition coefficient (Wildman–Crippen LogP) is 1.84. The molecule has 8 nitrogen and oxygen atoms in total. The first-order chi connectivity index (χ1) is 13.9. The number of hydrogen-bond acceptors (Lipinski definition) is 5. The number of benzene rings is 1. The number of nitrogens with zero attached hydrogens (tertiary/aromatic N) is 4. The maximum Gasteiger partial charge on any atom is 0.191 e. The van der Waals surface area contributed by atoms with Crippen LogP contribution in [0.1, 0.15) is 16.7 Å². The highest BCUT2D eigenvalue weighted by Gasteiger charge is 2.11. The number of sulfone groups is 1. The summed E-state index contributed by atoms with van der Waals surface area (Å²) >= 11 is 0. The Kier molecular flexibility index (Phi) is 6.28. The third kappa shape index (κ3) is 5.41. The Morgan fingerprint density at radius 3 is 2.41 bits per heavy atom. The molecule has 0 amide bonds. The maximum absolute atomic E-state index is 11.7. The Bertz CT molecular complexity index is 1110. The first-order valence-corrected chi connectivity index (χ1v) is 10.9. The summed E-state index contributed by atoms with van der Waals surface area (Å²) in [6, 6.07) is 11.1. The average molecular weight is 413 g/mol. The number of aliphatic imine (C=N–C) groups is 1. The van der Waals surface area contributed by atoms with Gasteiger partial charge in [0.15, 0.2) is 21.6 Å². The Hall–Kier alpha value is -3.20. The van der Waals surface area contributed by atoms with Gasteiger partial charge in [0.1, 0.15) is 0 Å². The molecular weight excluding hydrogens is 388 g/mol. The second kappa shape index (κ2) is 8.87. The highest BCUT2D eigenvalue weighted by Crippen LogP contribution is 2.16. The normalized spacial score (nSPS) is 12.0. The molecule has 2 aromatic heterocycles. The van der Waals surface area contributed by atoms with Crippen molar-refractivity contribution in [2.75, 3.05) is 13.3 Å². The van der Waals surface area contributed by atoms with Crippen LogP contribution in [0.5, 0.6) is 0 Å². The minimum absolute atomic E-state index is 0.356. The molecule has 2 heterocycles. The van der Waals surface area contributed by atoms with Gasteiger partial charge in [-0.2, -0.15) is 5.10 Å². The second-order valence-corrected chi connectivity index (χ2v) is 8.61. The summed E-state index contributed by atoms with van der Waals surface area (Å²) in [7, 11) is -1.51. The number of nitrogens with one attached hydrogen (secondary N) is 2. The first kappa shape index (κ1) is 20.5. The van der Waals surface area contributed by atoms with E-state index in [-0.39, 0.29) is 0 Å². The molecule has 0 aliphatic heterocycles. The lowest BCUT2D eigenvalue weighted by Gasteiger charge is -2.13. The van der Waals surface area contributed by atoms with Crippen LogP contribution in [0, 0.1) is 6.92 Å². The van der Waals surface area contributed by atoms with Crippen molar-refractivity contribution in [3.05, 3.63) is 71.7 Å². The van der Waals surface area contributed by atoms with E-state index in [1.165, 1.54) is 6.26 Å². The summed E-state index contributed by atoms with van der Waals surface area (Å²) in [6.45, 7) is 2.90. The zero-order valence-electron chi connectivity index (χ0n) is 16.6. The van der Waals surface area contributed by atoms with Crippen LogP contribution in [0.3, 0.4) is 0 Å². The van der Waals surface area contributed by atoms with Crippen LogP contribution >= 0.6 is 0 Å². The van der Waals surface area contributed by atoms with Crippen molar-refractivity contribution >= 4 is 15.8 Å².